The van der Waals surface area contributed by atoms with Crippen molar-refractivity contribution in [2.24, 2.45) is 7.05 Å². The second kappa shape index (κ2) is 8.59. The minimum Gasteiger partial charge on any atom is -0.505 e. The maximum Gasteiger partial charge on any atom is 0.256 e. The highest BCUT2D eigenvalue weighted by Gasteiger charge is 2.25. The van der Waals surface area contributed by atoms with Gasteiger partial charge in [0.2, 0.25) is 0 Å². The Hall–Kier alpha value is -4.45. The number of fused-ring (bicyclic) bond motifs is 1. The third-order valence-corrected chi connectivity index (χ3v) is 5.70. The zero-order valence-corrected chi connectivity index (χ0v) is 18.0. The van der Waals surface area contributed by atoms with Gasteiger partial charge in [-0.3, -0.25) is 9.48 Å². The third kappa shape index (κ3) is 3.83. The molecule has 0 spiro atoms. The van der Waals surface area contributed by atoms with E-state index in [1.807, 2.05) is 92.0 Å². The Bertz CT molecular complexity index is 1430. The third-order valence-electron chi connectivity index (χ3n) is 5.70. The minimum atomic E-state index is -0.447. The van der Waals surface area contributed by atoms with Crippen LogP contribution in [-0.4, -0.2) is 25.8 Å². The Morgan fingerprint density at radius 3 is 2.27 bits per heavy atom. The first-order chi connectivity index (χ1) is 16.1. The lowest BCUT2D eigenvalue weighted by molar-refractivity contribution is 0.0941. The number of nitrogens with zero attached hydrogens (tertiary/aromatic N) is 3. The van der Waals surface area contributed by atoms with Gasteiger partial charge < -0.3 is 10.4 Å². The molecule has 0 aliphatic carbocycles. The first-order valence-corrected chi connectivity index (χ1v) is 10.6. The molecule has 6 nitrogen and oxygen atoms in total. The molecule has 0 aliphatic heterocycles. The second-order valence-electron chi connectivity index (χ2n) is 7.76. The number of benzene rings is 3. The van der Waals surface area contributed by atoms with E-state index in [4.69, 9.17) is 0 Å². The van der Waals surface area contributed by atoms with Gasteiger partial charge in [-0.05, 0) is 17.7 Å². The fourth-order valence-corrected chi connectivity index (χ4v) is 4.07. The van der Waals surface area contributed by atoms with E-state index in [1.165, 1.54) is 0 Å². The molecule has 1 atom stereocenters. The van der Waals surface area contributed by atoms with Crippen LogP contribution in [0.15, 0.2) is 97.2 Å². The lowest BCUT2D eigenvalue weighted by atomic mass is 9.99. The van der Waals surface area contributed by atoms with Gasteiger partial charge in [0.25, 0.3) is 5.91 Å². The van der Waals surface area contributed by atoms with Crippen LogP contribution in [0.25, 0.3) is 22.2 Å². The Morgan fingerprint density at radius 1 is 0.909 bits per heavy atom. The molecular weight excluding hydrogens is 412 g/mol. The van der Waals surface area contributed by atoms with Crippen molar-refractivity contribution in [3.63, 3.8) is 0 Å². The van der Waals surface area contributed by atoms with Crippen LogP contribution >= 0.6 is 0 Å². The van der Waals surface area contributed by atoms with E-state index < -0.39 is 11.9 Å². The van der Waals surface area contributed by atoms with Crippen LogP contribution in [0.3, 0.4) is 0 Å². The molecule has 0 fully saturated rings. The van der Waals surface area contributed by atoms with Gasteiger partial charge in [-0.15, -0.1) is 0 Å². The maximum absolute atomic E-state index is 13.7. The van der Waals surface area contributed by atoms with Crippen LogP contribution in [0, 0.1) is 0 Å². The molecule has 1 unspecified atom stereocenters. The normalized spacial score (nSPS) is 11.9. The number of aryl methyl sites for hydroxylation is 1. The fourth-order valence-electron chi connectivity index (χ4n) is 4.07. The first-order valence-electron chi connectivity index (χ1n) is 10.6. The lowest BCUT2D eigenvalue weighted by Gasteiger charge is -2.21. The quantitative estimate of drug-likeness (QED) is 0.414. The molecule has 0 saturated heterocycles. The zero-order chi connectivity index (χ0) is 22.8. The van der Waals surface area contributed by atoms with Gasteiger partial charge in [0.1, 0.15) is 5.69 Å². The van der Waals surface area contributed by atoms with Crippen molar-refractivity contribution in [3.8, 4) is 17.0 Å². The summed E-state index contributed by atoms with van der Waals surface area (Å²) < 4.78 is 1.73. The largest absolute Gasteiger partial charge is 0.505 e. The number of pyridine rings is 1. The Morgan fingerprint density at radius 2 is 1.58 bits per heavy atom. The van der Waals surface area contributed by atoms with Crippen molar-refractivity contribution in [2.45, 2.75) is 6.04 Å². The molecule has 5 aromatic rings. The Kier molecular flexibility index (Phi) is 5.32. The molecule has 2 heterocycles. The number of hydrogen-bond donors (Lipinski definition) is 2. The Labute approximate surface area is 191 Å². The van der Waals surface area contributed by atoms with Crippen LogP contribution in [0.5, 0.6) is 5.75 Å². The molecule has 3 aromatic carbocycles. The number of carbonyl (C=O) groups is 1. The van der Waals surface area contributed by atoms with E-state index in [9.17, 15) is 9.90 Å². The minimum absolute atomic E-state index is 0.144. The molecule has 33 heavy (non-hydrogen) atoms. The summed E-state index contributed by atoms with van der Waals surface area (Å²) in [5.74, 6) is -0.535. The average molecular weight is 434 g/mol. The van der Waals surface area contributed by atoms with Gasteiger partial charge >= 0.3 is 0 Å². The standard InChI is InChI=1S/C27H22N4O2/c1-31-22(16-17-28-31)24(18-10-4-2-5-11-18)30-27(33)23-20-14-8-9-15-21(20)29-25(26(23)32)19-12-6-3-7-13-19/h2-17,24,32H,1H3,(H,30,33). The van der Waals surface area contributed by atoms with E-state index >= 15 is 0 Å². The molecular formula is C27H22N4O2. The number of rotatable bonds is 5. The summed E-state index contributed by atoms with van der Waals surface area (Å²) in [4.78, 5) is 18.4. The average Bonchev–Trinajstić information content (AvgIpc) is 3.28. The summed E-state index contributed by atoms with van der Waals surface area (Å²) in [6.07, 6.45) is 1.70. The molecule has 2 aromatic heterocycles. The van der Waals surface area contributed by atoms with Crippen LogP contribution in [0.4, 0.5) is 0 Å². The van der Waals surface area contributed by atoms with Gasteiger partial charge in [-0.1, -0.05) is 78.9 Å². The topological polar surface area (TPSA) is 80.0 Å². The predicted octanol–water partition coefficient (Wildman–Crippen LogP) is 4.86. The molecule has 162 valence electrons. The molecule has 0 aliphatic rings. The highest BCUT2D eigenvalue weighted by Crippen LogP contribution is 2.36. The SMILES string of the molecule is Cn1nccc1C(NC(=O)c1c(O)c(-c2ccccc2)nc2ccccc12)c1ccccc1. The number of carbonyl (C=O) groups excluding carboxylic acids is 1. The first kappa shape index (κ1) is 20.5. The van der Waals surface area contributed by atoms with Crippen molar-refractivity contribution in [3.05, 3.63) is 114 Å². The number of nitrogens with one attached hydrogen (secondary N) is 1. The Balaban J connectivity index is 1.65. The van der Waals surface area contributed by atoms with Gasteiger partial charge in [0, 0.05) is 24.2 Å². The number of aromatic nitrogens is 3. The van der Waals surface area contributed by atoms with Crippen LogP contribution < -0.4 is 5.32 Å². The monoisotopic (exact) mass is 434 g/mol. The number of amides is 1. The van der Waals surface area contributed by atoms with Gasteiger partial charge in [-0.2, -0.15) is 5.10 Å². The smallest absolute Gasteiger partial charge is 0.256 e. The van der Waals surface area contributed by atoms with E-state index in [0.717, 1.165) is 16.8 Å². The van der Waals surface area contributed by atoms with Crippen molar-refractivity contribution in [1.29, 1.82) is 0 Å². The molecule has 2 N–H and O–H groups in total. The van der Waals surface area contributed by atoms with Crippen LogP contribution in [0.1, 0.15) is 27.7 Å². The number of para-hydroxylation sites is 1. The van der Waals surface area contributed by atoms with Gasteiger partial charge in [0.15, 0.2) is 5.75 Å². The lowest BCUT2D eigenvalue weighted by Crippen LogP contribution is -2.31. The number of aromatic hydroxyl groups is 1. The van der Waals surface area contributed by atoms with Gasteiger partial charge in [-0.25, -0.2) is 4.98 Å². The van der Waals surface area contributed by atoms with Crippen molar-refractivity contribution < 1.29 is 9.90 Å². The molecule has 6 heteroatoms. The zero-order valence-electron chi connectivity index (χ0n) is 18.0. The summed E-state index contributed by atoms with van der Waals surface area (Å²) in [6, 6.07) is 27.8. The van der Waals surface area contributed by atoms with Crippen molar-refractivity contribution >= 4 is 16.8 Å². The van der Waals surface area contributed by atoms with E-state index in [-0.39, 0.29) is 11.3 Å². The summed E-state index contributed by atoms with van der Waals surface area (Å²) in [5.41, 5.74) is 3.68. The highest BCUT2D eigenvalue weighted by molar-refractivity contribution is 6.10. The molecule has 0 bridgehead atoms. The predicted molar refractivity (Wildman–Crippen MR) is 128 cm³/mol. The summed E-state index contributed by atoms with van der Waals surface area (Å²) in [7, 11) is 1.84. The van der Waals surface area contributed by atoms with E-state index in [2.05, 4.69) is 15.4 Å². The van der Waals surface area contributed by atoms with E-state index in [0.29, 0.717) is 16.6 Å². The molecule has 1 amide bonds. The molecule has 0 saturated carbocycles. The van der Waals surface area contributed by atoms with Crippen molar-refractivity contribution in [2.75, 3.05) is 0 Å². The van der Waals surface area contributed by atoms with Crippen LogP contribution in [0.2, 0.25) is 0 Å². The molecule has 0 radical (unpaired) electrons. The summed E-state index contributed by atoms with van der Waals surface area (Å²) in [6.45, 7) is 0. The molecule has 5 rings (SSSR count). The summed E-state index contributed by atoms with van der Waals surface area (Å²) in [5, 5.41) is 19.2. The van der Waals surface area contributed by atoms with E-state index in [1.54, 1.807) is 16.9 Å². The van der Waals surface area contributed by atoms with Crippen molar-refractivity contribution in [1.82, 2.24) is 20.1 Å². The maximum atomic E-state index is 13.7. The number of hydrogen-bond acceptors (Lipinski definition) is 4. The highest BCUT2D eigenvalue weighted by atomic mass is 16.3. The van der Waals surface area contributed by atoms with Gasteiger partial charge in [0.05, 0.1) is 22.8 Å². The fraction of sp³-hybridized carbons (Fsp3) is 0.0741. The summed E-state index contributed by atoms with van der Waals surface area (Å²) >= 11 is 0. The second-order valence-corrected chi connectivity index (χ2v) is 7.76. The van der Waals surface area contributed by atoms with Crippen LogP contribution in [-0.2, 0) is 7.05 Å².